The number of benzene rings is 1. The Morgan fingerprint density at radius 2 is 1.71 bits per heavy atom. The zero-order valence-corrected chi connectivity index (χ0v) is 13.6. The highest BCUT2D eigenvalue weighted by molar-refractivity contribution is 5.86. The number of carboxylic acid groups (broad SMARTS) is 1. The Kier molecular flexibility index (Phi) is 3.56. The molecular formula is C18H23NO2. The van der Waals surface area contributed by atoms with Crippen LogP contribution in [0.2, 0.25) is 0 Å². The molecule has 0 fully saturated rings. The van der Waals surface area contributed by atoms with Gasteiger partial charge in [0.25, 0.3) is 0 Å². The Balaban J connectivity index is 2.67. The van der Waals surface area contributed by atoms with Crippen LogP contribution in [0, 0.1) is 6.92 Å². The lowest BCUT2D eigenvalue weighted by molar-refractivity contribution is -0.142. The Morgan fingerprint density at radius 1 is 1.10 bits per heavy atom. The number of carboxylic acids is 1. The summed E-state index contributed by atoms with van der Waals surface area (Å²) >= 11 is 0. The van der Waals surface area contributed by atoms with Crippen LogP contribution in [0.5, 0.6) is 0 Å². The van der Waals surface area contributed by atoms with Gasteiger partial charge in [0, 0.05) is 5.39 Å². The molecule has 21 heavy (non-hydrogen) atoms. The summed E-state index contributed by atoms with van der Waals surface area (Å²) in [6.07, 6.45) is 0. The fourth-order valence-corrected chi connectivity index (χ4v) is 2.29. The smallest absolute Gasteiger partial charge is 0.315 e. The van der Waals surface area contributed by atoms with E-state index in [1.54, 1.807) is 13.8 Å². The van der Waals surface area contributed by atoms with Crippen LogP contribution in [-0.2, 0) is 15.6 Å². The van der Waals surface area contributed by atoms with Gasteiger partial charge in [0.2, 0.25) is 0 Å². The third-order valence-corrected chi connectivity index (χ3v) is 4.06. The molecule has 2 aromatic rings. The van der Waals surface area contributed by atoms with Crippen LogP contribution in [0.4, 0.5) is 0 Å². The largest absolute Gasteiger partial charge is 0.481 e. The molecule has 0 unspecified atom stereocenters. The summed E-state index contributed by atoms with van der Waals surface area (Å²) in [5, 5.41) is 10.5. The van der Waals surface area contributed by atoms with Crippen molar-refractivity contribution in [1.82, 2.24) is 4.98 Å². The Hall–Kier alpha value is -1.90. The number of pyridine rings is 1. The van der Waals surface area contributed by atoms with Gasteiger partial charge in [-0.3, -0.25) is 9.78 Å². The molecule has 1 heterocycles. The van der Waals surface area contributed by atoms with Gasteiger partial charge in [-0.25, -0.2) is 0 Å². The summed E-state index contributed by atoms with van der Waals surface area (Å²) in [7, 11) is 0. The lowest BCUT2D eigenvalue weighted by Gasteiger charge is -2.22. The molecule has 0 saturated carbocycles. The van der Waals surface area contributed by atoms with E-state index in [0.717, 1.165) is 16.5 Å². The molecule has 0 aliphatic carbocycles. The van der Waals surface area contributed by atoms with Crippen molar-refractivity contribution >= 4 is 16.9 Å². The van der Waals surface area contributed by atoms with Crippen molar-refractivity contribution in [3.8, 4) is 0 Å². The van der Waals surface area contributed by atoms with Gasteiger partial charge in [-0.1, -0.05) is 26.8 Å². The first-order chi connectivity index (χ1) is 9.53. The van der Waals surface area contributed by atoms with Crippen LogP contribution in [0.3, 0.4) is 0 Å². The normalized spacial score (nSPS) is 12.7. The van der Waals surface area contributed by atoms with E-state index in [0.29, 0.717) is 5.69 Å². The van der Waals surface area contributed by atoms with Gasteiger partial charge in [-0.05, 0) is 55.5 Å². The molecule has 0 spiro atoms. The van der Waals surface area contributed by atoms with Crippen molar-refractivity contribution in [3.63, 3.8) is 0 Å². The lowest BCUT2D eigenvalue weighted by atomic mass is 9.84. The first kappa shape index (κ1) is 15.5. The van der Waals surface area contributed by atoms with Crippen molar-refractivity contribution in [2.75, 3.05) is 0 Å². The fraction of sp³-hybridized carbons (Fsp3) is 0.444. The van der Waals surface area contributed by atoms with Crippen LogP contribution >= 0.6 is 0 Å². The second-order valence-corrected chi connectivity index (χ2v) is 7.24. The molecule has 1 N–H and O–H groups in total. The highest BCUT2D eigenvalue weighted by Crippen LogP contribution is 2.30. The molecule has 0 atom stereocenters. The summed E-state index contributed by atoms with van der Waals surface area (Å²) in [4.78, 5) is 16.0. The number of hydrogen-bond donors (Lipinski definition) is 1. The minimum atomic E-state index is -0.984. The monoisotopic (exact) mass is 285 g/mol. The predicted octanol–water partition coefficient (Wildman–Crippen LogP) is 4.20. The number of carbonyl (C=O) groups is 1. The second kappa shape index (κ2) is 4.83. The van der Waals surface area contributed by atoms with E-state index < -0.39 is 11.4 Å². The Bertz CT molecular complexity index is 709. The van der Waals surface area contributed by atoms with Gasteiger partial charge in [0.15, 0.2) is 0 Å². The van der Waals surface area contributed by atoms with Crippen LogP contribution in [0.1, 0.15) is 51.4 Å². The van der Waals surface area contributed by atoms with Crippen LogP contribution in [0.25, 0.3) is 10.9 Å². The Morgan fingerprint density at radius 3 is 2.24 bits per heavy atom. The molecule has 112 valence electrons. The quantitative estimate of drug-likeness (QED) is 0.899. The maximum absolute atomic E-state index is 11.4. The Labute approximate surface area is 126 Å². The highest BCUT2D eigenvalue weighted by Gasteiger charge is 2.31. The third-order valence-electron chi connectivity index (χ3n) is 4.06. The summed E-state index contributed by atoms with van der Waals surface area (Å²) in [6.45, 7) is 11.9. The minimum Gasteiger partial charge on any atom is -0.481 e. The van der Waals surface area contributed by atoms with Gasteiger partial charge >= 0.3 is 5.97 Å². The number of fused-ring (bicyclic) bond motifs is 1. The second-order valence-electron chi connectivity index (χ2n) is 7.24. The van der Waals surface area contributed by atoms with E-state index >= 15 is 0 Å². The van der Waals surface area contributed by atoms with E-state index in [1.165, 1.54) is 5.56 Å². The van der Waals surface area contributed by atoms with E-state index in [2.05, 4.69) is 37.9 Å². The molecule has 1 aromatic heterocycles. The number of aryl methyl sites for hydroxylation is 1. The summed E-state index contributed by atoms with van der Waals surface area (Å²) < 4.78 is 0. The van der Waals surface area contributed by atoms with Crippen molar-refractivity contribution in [3.05, 3.63) is 41.1 Å². The first-order valence-corrected chi connectivity index (χ1v) is 7.19. The van der Waals surface area contributed by atoms with Gasteiger partial charge in [0.05, 0.1) is 11.2 Å². The number of nitrogens with zero attached hydrogens (tertiary/aromatic N) is 1. The van der Waals surface area contributed by atoms with Crippen molar-refractivity contribution in [2.24, 2.45) is 0 Å². The highest BCUT2D eigenvalue weighted by atomic mass is 16.4. The molecule has 3 nitrogen and oxygen atoms in total. The van der Waals surface area contributed by atoms with Crippen molar-refractivity contribution < 1.29 is 9.90 Å². The lowest BCUT2D eigenvalue weighted by Crippen LogP contribution is -2.29. The summed E-state index contributed by atoms with van der Waals surface area (Å²) in [6, 6.07) is 8.12. The maximum atomic E-state index is 11.4. The van der Waals surface area contributed by atoms with Gasteiger partial charge in [-0.15, -0.1) is 0 Å². The van der Waals surface area contributed by atoms with Gasteiger partial charge in [-0.2, -0.15) is 0 Å². The molecule has 0 radical (unpaired) electrons. The standard InChI is InChI=1S/C18H23NO2/c1-11-9-15(18(5,6)16(20)21)19-14-8-7-12(10-13(11)14)17(2,3)4/h7-10H,1-6H3,(H,20,21). The molecule has 0 amide bonds. The van der Waals surface area contributed by atoms with E-state index in [9.17, 15) is 9.90 Å². The maximum Gasteiger partial charge on any atom is 0.315 e. The van der Waals surface area contributed by atoms with Gasteiger partial charge < -0.3 is 5.11 Å². The average Bonchev–Trinajstić information content (AvgIpc) is 2.36. The molecular weight excluding hydrogens is 262 g/mol. The van der Waals surface area contributed by atoms with Gasteiger partial charge in [0.1, 0.15) is 5.41 Å². The SMILES string of the molecule is Cc1cc(C(C)(C)C(=O)O)nc2ccc(C(C)(C)C)cc12. The first-order valence-electron chi connectivity index (χ1n) is 7.19. The molecule has 0 saturated heterocycles. The molecule has 2 rings (SSSR count). The van der Waals surface area contributed by atoms with E-state index in [1.807, 2.05) is 19.1 Å². The summed E-state index contributed by atoms with van der Waals surface area (Å²) in [5.74, 6) is -0.861. The number of rotatable bonds is 2. The van der Waals surface area contributed by atoms with E-state index in [-0.39, 0.29) is 5.41 Å². The number of hydrogen-bond acceptors (Lipinski definition) is 2. The van der Waals surface area contributed by atoms with Crippen molar-refractivity contribution in [2.45, 2.75) is 52.4 Å². The summed E-state index contributed by atoms with van der Waals surface area (Å²) in [5.41, 5.74) is 2.87. The number of aliphatic carboxylic acids is 1. The molecule has 1 aromatic carbocycles. The fourth-order valence-electron chi connectivity index (χ4n) is 2.29. The number of aromatic nitrogens is 1. The van der Waals surface area contributed by atoms with E-state index in [4.69, 9.17) is 0 Å². The van der Waals surface area contributed by atoms with Crippen LogP contribution in [0.15, 0.2) is 24.3 Å². The minimum absolute atomic E-state index is 0.0830. The third kappa shape index (κ3) is 2.78. The van der Waals surface area contributed by atoms with Crippen LogP contribution in [-0.4, -0.2) is 16.1 Å². The zero-order valence-electron chi connectivity index (χ0n) is 13.6. The zero-order chi connectivity index (χ0) is 16.0. The molecule has 3 heteroatoms. The topological polar surface area (TPSA) is 50.2 Å². The average molecular weight is 285 g/mol. The predicted molar refractivity (Wildman–Crippen MR) is 85.8 cm³/mol. The van der Waals surface area contributed by atoms with Crippen molar-refractivity contribution in [1.29, 1.82) is 0 Å². The van der Waals surface area contributed by atoms with Crippen LogP contribution < -0.4 is 0 Å². The molecule has 0 aliphatic heterocycles. The molecule has 0 aliphatic rings. The molecule has 0 bridgehead atoms.